The summed E-state index contributed by atoms with van der Waals surface area (Å²) in [6, 6.07) is 5.06. The Morgan fingerprint density at radius 1 is 1.30 bits per heavy atom. The fourth-order valence-electron chi connectivity index (χ4n) is 3.19. The molecule has 1 aliphatic carbocycles. The molecule has 1 aromatic heterocycles. The van der Waals surface area contributed by atoms with Gasteiger partial charge in [0.15, 0.2) is 0 Å². The zero-order chi connectivity index (χ0) is 19.0. The summed E-state index contributed by atoms with van der Waals surface area (Å²) in [6.07, 6.45) is -0.987. The zero-order valence-electron chi connectivity index (χ0n) is 14.5. The van der Waals surface area contributed by atoms with Gasteiger partial charge in [-0.25, -0.2) is 4.68 Å². The predicted molar refractivity (Wildman–Crippen MR) is 88.7 cm³/mol. The average Bonchev–Trinajstić information content (AvgIpc) is 3.41. The van der Waals surface area contributed by atoms with Crippen LogP contribution < -0.4 is 0 Å². The molecule has 4 rings (SSSR count). The van der Waals surface area contributed by atoms with Gasteiger partial charge < -0.3 is 9.64 Å². The number of nitrogens with zero attached hydrogens (tertiary/aromatic N) is 4. The molecule has 0 spiro atoms. The Kier molecular flexibility index (Phi) is 4.63. The third kappa shape index (κ3) is 4.13. The van der Waals surface area contributed by atoms with Crippen molar-refractivity contribution in [2.45, 2.75) is 37.6 Å². The molecular formula is C18H19F3N4O2. The number of ether oxygens (including phenoxy) is 1. The molecule has 1 atom stereocenters. The minimum Gasteiger partial charge on any atom is -0.370 e. The van der Waals surface area contributed by atoms with Crippen LogP contribution in [-0.2, 0) is 22.3 Å². The van der Waals surface area contributed by atoms with Crippen molar-refractivity contribution in [1.82, 2.24) is 19.9 Å². The largest absolute Gasteiger partial charge is 0.416 e. The summed E-state index contributed by atoms with van der Waals surface area (Å²) in [5.41, 5.74) is 0.605. The Morgan fingerprint density at radius 3 is 2.85 bits per heavy atom. The van der Waals surface area contributed by atoms with Crippen molar-refractivity contribution in [3.05, 3.63) is 47.3 Å². The number of alkyl halides is 3. The molecule has 2 heterocycles. The van der Waals surface area contributed by atoms with Crippen molar-refractivity contribution in [3.8, 4) is 0 Å². The summed E-state index contributed by atoms with van der Waals surface area (Å²) in [7, 11) is 0. The topological polar surface area (TPSA) is 60.2 Å². The van der Waals surface area contributed by atoms with Crippen molar-refractivity contribution in [2.24, 2.45) is 0 Å². The lowest BCUT2D eigenvalue weighted by molar-refractivity contribution is -0.141. The number of hydrogen-bond donors (Lipinski definition) is 0. The predicted octanol–water partition coefficient (Wildman–Crippen LogP) is 2.77. The Hall–Kier alpha value is -2.42. The first-order valence-corrected chi connectivity index (χ1v) is 8.87. The Balaban J connectivity index is 1.42. The van der Waals surface area contributed by atoms with Gasteiger partial charge >= 0.3 is 6.18 Å². The van der Waals surface area contributed by atoms with Crippen molar-refractivity contribution in [1.29, 1.82) is 0 Å². The molecule has 2 aliphatic rings. The first-order chi connectivity index (χ1) is 12.9. The molecule has 1 unspecified atom stereocenters. The van der Waals surface area contributed by atoms with E-state index in [1.165, 1.54) is 10.7 Å². The number of carbonyl (C=O) groups excluding carboxylic acids is 1. The van der Waals surface area contributed by atoms with Gasteiger partial charge in [0.2, 0.25) is 5.91 Å². The minimum atomic E-state index is -4.41. The molecule has 1 saturated heterocycles. The summed E-state index contributed by atoms with van der Waals surface area (Å²) in [5.74, 6) is 0.310. The quantitative estimate of drug-likeness (QED) is 0.819. The van der Waals surface area contributed by atoms with Gasteiger partial charge in [-0.1, -0.05) is 17.3 Å². The van der Waals surface area contributed by atoms with Gasteiger partial charge in [0.05, 0.1) is 24.4 Å². The molecule has 2 aromatic rings. The first-order valence-electron chi connectivity index (χ1n) is 8.87. The highest BCUT2D eigenvalue weighted by molar-refractivity contribution is 5.76. The Labute approximate surface area is 153 Å². The van der Waals surface area contributed by atoms with Gasteiger partial charge in [0.25, 0.3) is 0 Å². The summed E-state index contributed by atoms with van der Waals surface area (Å²) in [5, 5.41) is 8.07. The van der Waals surface area contributed by atoms with Crippen molar-refractivity contribution in [2.75, 3.05) is 19.7 Å². The second kappa shape index (κ2) is 6.95. The number of hydrogen-bond acceptors (Lipinski definition) is 4. The highest BCUT2D eigenvalue weighted by Gasteiger charge is 2.32. The molecule has 0 radical (unpaired) electrons. The maximum atomic E-state index is 12.9. The van der Waals surface area contributed by atoms with Gasteiger partial charge in [-0.05, 0) is 30.5 Å². The first kappa shape index (κ1) is 18.0. The Morgan fingerprint density at radius 2 is 2.11 bits per heavy atom. The smallest absolute Gasteiger partial charge is 0.370 e. The van der Waals surface area contributed by atoms with Crippen LogP contribution in [0.15, 0.2) is 30.5 Å². The molecule has 1 aromatic carbocycles. The highest BCUT2D eigenvalue weighted by atomic mass is 19.4. The van der Waals surface area contributed by atoms with Crippen molar-refractivity contribution >= 4 is 5.91 Å². The second-order valence-electron chi connectivity index (χ2n) is 6.94. The molecule has 1 amide bonds. The third-order valence-corrected chi connectivity index (χ3v) is 4.85. The number of carbonyl (C=O) groups is 1. The van der Waals surface area contributed by atoms with Crippen LogP contribution >= 0.6 is 0 Å². The minimum absolute atomic E-state index is 0.0645. The molecular weight excluding hydrogens is 361 g/mol. The summed E-state index contributed by atoms with van der Waals surface area (Å²) < 4.78 is 45.9. The number of halogens is 3. The van der Waals surface area contributed by atoms with Crippen LogP contribution in [0.4, 0.5) is 13.2 Å². The number of benzene rings is 1. The lowest BCUT2D eigenvalue weighted by Crippen LogP contribution is -2.43. The molecule has 0 bridgehead atoms. The molecule has 1 aliphatic heterocycles. The van der Waals surface area contributed by atoms with Crippen LogP contribution in [0.5, 0.6) is 0 Å². The van der Waals surface area contributed by atoms with E-state index in [1.807, 2.05) is 0 Å². The molecule has 27 heavy (non-hydrogen) atoms. The normalized spacial score (nSPS) is 20.7. The van der Waals surface area contributed by atoms with Crippen LogP contribution in [0.2, 0.25) is 0 Å². The molecule has 6 nitrogen and oxygen atoms in total. The van der Waals surface area contributed by atoms with Gasteiger partial charge in [0.1, 0.15) is 12.6 Å². The van der Waals surface area contributed by atoms with Crippen molar-refractivity contribution in [3.63, 3.8) is 0 Å². The number of rotatable bonds is 4. The van der Waals surface area contributed by atoms with E-state index in [-0.39, 0.29) is 25.6 Å². The summed E-state index contributed by atoms with van der Waals surface area (Å²) in [4.78, 5) is 14.2. The highest BCUT2D eigenvalue weighted by Crippen LogP contribution is 2.38. The van der Waals surface area contributed by atoms with E-state index >= 15 is 0 Å². The molecule has 0 N–H and O–H groups in total. The lowest BCUT2D eigenvalue weighted by Gasteiger charge is -2.33. The number of aromatic nitrogens is 3. The molecule has 2 fully saturated rings. The third-order valence-electron chi connectivity index (χ3n) is 4.85. The summed E-state index contributed by atoms with van der Waals surface area (Å²) >= 11 is 0. The van der Waals surface area contributed by atoms with Gasteiger partial charge in [-0.3, -0.25) is 4.79 Å². The van der Waals surface area contributed by atoms with E-state index in [1.54, 1.807) is 17.2 Å². The molecule has 144 valence electrons. The van der Waals surface area contributed by atoms with Crippen LogP contribution in [0.1, 0.15) is 41.7 Å². The summed E-state index contributed by atoms with van der Waals surface area (Å²) in [6.45, 7) is 0.954. The number of amides is 1. The van der Waals surface area contributed by atoms with Crippen LogP contribution in [0, 0.1) is 0 Å². The van der Waals surface area contributed by atoms with E-state index in [0.29, 0.717) is 18.0 Å². The van der Waals surface area contributed by atoms with E-state index < -0.39 is 17.8 Å². The van der Waals surface area contributed by atoms with Crippen LogP contribution in [0.3, 0.4) is 0 Å². The standard InChI is InChI=1S/C18H19F3N4O2/c19-18(20,21)14-3-1-2-13(8-14)16-10-24(6-7-27-16)17(26)11-25-9-15(22-23-25)12-4-5-12/h1-3,8-9,12,16H,4-7,10-11H2. The van der Waals surface area contributed by atoms with Crippen LogP contribution in [0.25, 0.3) is 0 Å². The zero-order valence-corrected chi connectivity index (χ0v) is 14.5. The van der Waals surface area contributed by atoms with E-state index in [0.717, 1.165) is 30.7 Å². The van der Waals surface area contributed by atoms with E-state index in [2.05, 4.69) is 10.3 Å². The number of morpholine rings is 1. The van der Waals surface area contributed by atoms with Crippen LogP contribution in [-0.4, -0.2) is 45.5 Å². The molecule has 9 heteroatoms. The lowest BCUT2D eigenvalue weighted by atomic mass is 10.0. The van der Waals surface area contributed by atoms with Gasteiger partial charge in [0, 0.05) is 18.7 Å². The fourth-order valence-corrected chi connectivity index (χ4v) is 3.19. The van der Waals surface area contributed by atoms with E-state index in [4.69, 9.17) is 4.74 Å². The monoisotopic (exact) mass is 380 g/mol. The molecule has 1 saturated carbocycles. The van der Waals surface area contributed by atoms with Gasteiger partial charge in [-0.2, -0.15) is 13.2 Å². The van der Waals surface area contributed by atoms with E-state index in [9.17, 15) is 18.0 Å². The second-order valence-corrected chi connectivity index (χ2v) is 6.94. The Bertz CT molecular complexity index is 832. The maximum Gasteiger partial charge on any atom is 0.416 e. The van der Waals surface area contributed by atoms with Crippen molar-refractivity contribution < 1.29 is 22.7 Å². The SMILES string of the molecule is O=C(Cn1cc(C2CC2)nn1)N1CCOC(c2cccc(C(F)(F)F)c2)C1. The van der Waals surface area contributed by atoms with Gasteiger partial charge in [-0.15, -0.1) is 5.10 Å². The maximum absolute atomic E-state index is 12.9. The fraction of sp³-hybridized carbons (Fsp3) is 0.500. The average molecular weight is 380 g/mol.